The quantitative estimate of drug-likeness (QED) is 0.623. The monoisotopic (exact) mass is 413 g/mol. The first-order valence-corrected chi connectivity index (χ1v) is 11.3. The van der Waals surface area contributed by atoms with Crippen molar-refractivity contribution in [2.45, 2.75) is 59.8 Å². The van der Waals surface area contributed by atoms with Crippen LogP contribution in [-0.4, -0.2) is 18.5 Å². The van der Waals surface area contributed by atoms with Crippen LogP contribution in [0.1, 0.15) is 66.9 Å². The van der Waals surface area contributed by atoms with Gasteiger partial charge in [-0.3, -0.25) is 4.79 Å². The fourth-order valence-corrected chi connectivity index (χ4v) is 5.26. The molecular weight excluding hydrogens is 382 g/mol. The largest absolute Gasteiger partial charge is 0.462 e. The van der Waals surface area contributed by atoms with E-state index in [9.17, 15) is 9.59 Å². The lowest BCUT2D eigenvalue weighted by atomic mass is 9.72. The number of anilines is 1. The van der Waals surface area contributed by atoms with Crippen LogP contribution in [0.4, 0.5) is 5.00 Å². The molecule has 0 fully saturated rings. The molecule has 1 aliphatic carbocycles. The average molecular weight is 414 g/mol. The molecule has 1 heterocycles. The number of carbonyl (C=O) groups excluding carboxylic acids is 2. The second-order valence-corrected chi connectivity index (χ2v) is 9.87. The van der Waals surface area contributed by atoms with E-state index in [1.54, 1.807) is 11.3 Å². The van der Waals surface area contributed by atoms with E-state index in [0.29, 0.717) is 35.9 Å². The number of esters is 1. The second kappa shape index (κ2) is 9.12. The van der Waals surface area contributed by atoms with Crippen molar-refractivity contribution in [1.82, 2.24) is 0 Å². The van der Waals surface area contributed by atoms with Crippen LogP contribution in [0.25, 0.3) is 0 Å². The Morgan fingerprint density at radius 1 is 1.21 bits per heavy atom. The lowest BCUT2D eigenvalue weighted by molar-refractivity contribution is -0.116. The summed E-state index contributed by atoms with van der Waals surface area (Å²) in [6.07, 6.45) is 3.94. The highest BCUT2D eigenvalue weighted by atomic mass is 32.1. The molecule has 0 saturated heterocycles. The van der Waals surface area contributed by atoms with Crippen LogP contribution >= 0.6 is 11.3 Å². The summed E-state index contributed by atoms with van der Waals surface area (Å²) in [6.45, 7) is 8.96. The summed E-state index contributed by atoms with van der Waals surface area (Å²) in [5.41, 5.74) is 3.01. The third-order valence-corrected chi connectivity index (χ3v) is 6.88. The summed E-state index contributed by atoms with van der Waals surface area (Å²) in [6, 6.07) is 9.97. The molecule has 1 aromatic heterocycles. The Bertz CT molecular complexity index is 864. The summed E-state index contributed by atoms with van der Waals surface area (Å²) >= 11 is 1.55. The standard InChI is InChI=1S/C24H31NO3S/c1-5-28-23(27)21-18-13-12-17(24(2,3)4)15-19(18)29-22(21)25-20(26)14-11-16-9-7-6-8-10-16/h6-10,17H,5,11-15H2,1-4H3,(H,25,26). The van der Waals surface area contributed by atoms with Crippen molar-refractivity contribution in [1.29, 1.82) is 0 Å². The Morgan fingerprint density at radius 3 is 2.59 bits per heavy atom. The molecule has 1 amide bonds. The minimum atomic E-state index is -0.322. The van der Waals surface area contributed by atoms with Crippen molar-refractivity contribution in [3.8, 4) is 0 Å². The molecule has 0 bridgehead atoms. The molecule has 2 aromatic rings. The first-order valence-electron chi connectivity index (χ1n) is 10.4. The lowest BCUT2D eigenvalue weighted by Gasteiger charge is -2.33. The van der Waals surface area contributed by atoms with Gasteiger partial charge in [0.15, 0.2) is 0 Å². The fraction of sp³-hybridized carbons (Fsp3) is 0.500. The number of hydrogen-bond donors (Lipinski definition) is 1. The van der Waals surface area contributed by atoms with Crippen LogP contribution in [0.15, 0.2) is 30.3 Å². The molecule has 0 radical (unpaired) electrons. The van der Waals surface area contributed by atoms with Crippen molar-refractivity contribution in [2.24, 2.45) is 11.3 Å². The molecule has 4 nitrogen and oxygen atoms in total. The highest BCUT2D eigenvalue weighted by Gasteiger charge is 2.34. The molecular formula is C24H31NO3S. The van der Waals surface area contributed by atoms with Gasteiger partial charge in [0.2, 0.25) is 5.91 Å². The number of nitrogens with one attached hydrogen (secondary N) is 1. The van der Waals surface area contributed by atoms with E-state index in [1.807, 2.05) is 37.3 Å². The van der Waals surface area contributed by atoms with Gasteiger partial charge in [-0.1, -0.05) is 51.1 Å². The van der Waals surface area contributed by atoms with Gasteiger partial charge in [0.05, 0.1) is 12.2 Å². The van der Waals surface area contributed by atoms with Crippen LogP contribution in [-0.2, 0) is 28.8 Å². The predicted octanol–water partition coefficient (Wildman–Crippen LogP) is 5.65. The van der Waals surface area contributed by atoms with Crippen molar-refractivity contribution in [3.63, 3.8) is 0 Å². The number of hydrogen-bond acceptors (Lipinski definition) is 4. The zero-order valence-corrected chi connectivity index (χ0v) is 18.7. The van der Waals surface area contributed by atoms with Crippen LogP contribution in [0.5, 0.6) is 0 Å². The lowest BCUT2D eigenvalue weighted by Crippen LogP contribution is -2.26. The fourth-order valence-electron chi connectivity index (χ4n) is 3.92. The van der Waals surface area contributed by atoms with E-state index >= 15 is 0 Å². The number of fused-ring (bicyclic) bond motifs is 1. The van der Waals surface area contributed by atoms with Crippen LogP contribution in [0, 0.1) is 11.3 Å². The summed E-state index contributed by atoms with van der Waals surface area (Å²) in [4.78, 5) is 26.5. The average Bonchev–Trinajstić information content (AvgIpc) is 3.03. The Labute approximate surface area is 177 Å². The van der Waals surface area contributed by atoms with E-state index in [-0.39, 0.29) is 17.3 Å². The maximum Gasteiger partial charge on any atom is 0.341 e. The molecule has 1 aromatic carbocycles. The van der Waals surface area contributed by atoms with Gasteiger partial charge in [-0.25, -0.2) is 4.79 Å². The summed E-state index contributed by atoms with van der Waals surface area (Å²) in [5, 5.41) is 3.66. The number of rotatable bonds is 6. The Hall–Kier alpha value is -2.14. The maximum atomic E-state index is 12.7. The number of thiophene rings is 1. The molecule has 156 valence electrons. The third kappa shape index (κ3) is 5.27. The molecule has 0 aliphatic heterocycles. The van der Waals surface area contributed by atoms with Gasteiger partial charge < -0.3 is 10.1 Å². The minimum Gasteiger partial charge on any atom is -0.462 e. The molecule has 1 atom stereocenters. The van der Waals surface area contributed by atoms with Crippen LogP contribution in [0.2, 0.25) is 0 Å². The van der Waals surface area contributed by atoms with Crippen LogP contribution < -0.4 is 5.32 Å². The Kier molecular flexibility index (Phi) is 6.78. The topological polar surface area (TPSA) is 55.4 Å². The highest BCUT2D eigenvalue weighted by Crippen LogP contribution is 2.44. The number of carbonyl (C=O) groups is 2. The molecule has 29 heavy (non-hydrogen) atoms. The molecule has 1 unspecified atom stereocenters. The first-order chi connectivity index (χ1) is 13.8. The number of ether oxygens (including phenoxy) is 1. The first kappa shape index (κ1) is 21.6. The van der Waals surface area contributed by atoms with Crippen molar-refractivity contribution < 1.29 is 14.3 Å². The Balaban J connectivity index is 1.79. The molecule has 0 saturated carbocycles. The molecule has 0 spiro atoms. The minimum absolute atomic E-state index is 0.0645. The van der Waals surface area contributed by atoms with E-state index in [2.05, 4.69) is 26.1 Å². The van der Waals surface area contributed by atoms with Crippen molar-refractivity contribution in [2.75, 3.05) is 11.9 Å². The van der Waals surface area contributed by atoms with Gasteiger partial charge in [0.25, 0.3) is 0 Å². The SMILES string of the molecule is CCOC(=O)c1c(NC(=O)CCc2ccccc2)sc2c1CCC(C(C)(C)C)C2. The van der Waals surface area contributed by atoms with Gasteiger partial charge in [0.1, 0.15) is 5.00 Å². The van der Waals surface area contributed by atoms with Crippen molar-refractivity contribution in [3.05, 3.63) is 51.9 Å². The number of aryl methyl sites for hydroxylation is 1. The zero-order valence-electron chi connectivity index (χ0n) is 17.8. The van der Waals surface area contributed by atoms with Gasteiger partial charge >= 0.3 is 5.97 Å². The third-order valence-electron chi connectivity index (χ3n) is 5.71. The van der Waals surface area contributed by atoms with Crippen LogP contribution in [0.3, 0.4) is 0 Å². The molecule has 1 aliphatic rings. The molecule has 5 heteroatoms. The van der Waals surface area contributed by atoms with Crippen molar-refractivity contribution >= 4 is 28.2 Å². The summed E-state index contributed by atoms with van der Waals surface area (Å²) in [5.74, 6) is 0.188. The van der Waals surface area contributed by atoms with E-state index in [4.69, 9.17) is 4.74 Å². The normalized spacial score (nSPS) is 16.2. The van der Waals surface area contributed by atoms with Gasteiger partial charge in [-0.15, -0.1) is 11.3 Å². The molecule has 1 N–H and O–H groups in total. The maximum absolute atomic E-state index is 12.7. The summed E-state index contributed by atoms with van der Waals surface area (Å²) in [7, 11) is 0. The van der Waals surface area contributed by atoms with Gasteiger partial charge in [-0.2, -0.15) is 0 Å². The predicted molar refractivity (Wildman–Crippen MR) is 119 cm³/mol. The Morgan fingerprint density at radius 2 is 1.93 bits per heavy atom. The second-order valence-electron chi connectivity index (χ2n) is 8.77. The van der Waals surface area contributed by atoms with Gasteiger partial charge in [0, 0.05) is 11.3 Å². The van der Waals surface area contributed by atoms with E-state index in [1.165, 1.54) is 4.88 Å². The number of benzene rings is 1. The highest BCUT2D eigenvalue weighted by molar-refractivity contribution is 7.17. The zero-order chi connectivity index (χ0) is 21.0. The van der Waals surface area contributed by atoms with E-state index < -0.39 is 0 Å². The summed E-state index contributed by atoms with van der Waals surface area (Å²) < 4.78 is 5.31. The van der Waals surface area contributed by atoms with Gasteiger partial charge in [-0.05, 0) is 55.1 Å². The molecule has 3 rings (SSSR count). The van der Waals surface area contributed by atoms with E-state index in [0.717, 1.165) is 30.4 Å². The number of amides is 1. The smallest absolute Gasteiger partial charge is 0.341 e.